The normalized spacial score (nSPS) is 11.9. The quantitative estimate of drug-likeness (QED) is 0.443. The molecule has 0 bridgehead atoms. The molecule has 0 radical (unpaired) electrons. The Morgan fingerprint density at radius 2 is 1.91 bits per heavy atom. The Morgan fingerprint density at radius 1 is 1.21 bits per heavy atom. The number of carboxylic acid groups (broad SMARTS) is 1. The third-order valence-electron chi connectivity index (χ3n) is 6.03. The second-order valence-electron chi connectivity index (χ2n) is 8.38. The lowest BCUT2D eigenvalue weighted by atomic mass is 10.0. The number of rotatable bonds is 7. The van der Waals surface area contributed by atoms with Gasteiger partial charge in [0, 0.05) is 6.54 Å². The third kappa shape index (κ3) is 3.72. The van der Waals surface area contributed by atoms with Crippen LogP contribution in [0.15, 0.2) is 50.7 Å². The molecular formula is C24H25N3O5S. The van der Waals surface area contributed by atoms with Gasteiger partial charge in [0.25, 0.3) is 5.56 Å². The van der Waals surface area contributed by atoms with Crippen LogP contribution in [0, 0.1) is 6.92 Å². The van der Waals surface area contributed by atoms with Gasteiger partial charge in [0.15, 0.2) is 0 Å². The van der Waals surface area contributed by atoms with Crippen LogP contribution in [0.25, 0.3) is 21.0 Å². The predicted octanol–water partition coefficient (Wildman–Crippen LogP) is 3.81. The van der Waals surface area contributed by atoms with Crippen molar-refractivity contribution in [2.75, 3.05) is 0 Å². The van der Waals surface area contributed by atoms with Crippen molar-refractivity contribution in [3.8, 4) is 10.8 Å². The average Bonchev–Trinajstić information content (AvgIpc) is 3.41. The maximum atomic E-state index is 13.6. The van der Waals surface area contributed by atoms with E-state index in [-0.39, 0.29) is 0 Å². The summed E-state index contributed by atoms with van der Waals surface area (Å²) in [5, 5.41) is 10.1. The summed E-state index contributed by atoms with van der Waals surface area (Å²) >= 11 is 1.26. The van der Waals surface area contributed by atoms with Gasteiger partial charge in [-0.25, -0.2) is 19.1 Å². The van der Waals surface area contributed by atoms with Crippen LogP contribution < -0.4 is 11.2 Å². The van der Waals surface area contributed by atoms with Gasteiger partial charge in [0.1, 0.15) is 16.6 Å². The predicted molar refractivity (Wildman–Crippen MR) is 127 cm³/mol. The van der Waals surface area contributed by atoms with Gasteiger partial charge < -0.3 is 9.52 Å². The standard InChI is InChI=1S/C24H25N3O5S/c1-5-15-8-6-7-9-16(15)10-12-26-21-17(14(2)18(33-21)19-25-11-13-32-19)20(28)27(23(26)31)24(3,4)22(29)30/h6-9,11,13H,5,10,12H2,1-4H3,(H,29,30). The van der Waals surface area contributed by atoms with Crippen LogP contribution in [0.5, 0.6) is 0 Å². The first kappa shape index (κ1) is 22.7. The molecule has 0 fully saturated rings. The van der Waals surface area contributed by atoms with Crippen molar-refractivity contribution in [1.29, 1.82) is 0 Å². The highest BCUT2D eigenvalue weighted by Gasteiger charge is 2.35. The molecule has 8 nitrogen and oxygen atoms in total. The molecule has 0 aliphatic carbocycles. The van der Waals surface area contributed by atoms with Crippen LogP contribution in [0.3, 0.4) is 0 Å². The molecule has 0 unspecified atom stereocenters. The van der Waals surface area contributed by atoms with Gasteiger partial charge in [-0.05, 0) is 50.3 Å². The molecule has 0 atom stereocenters. The summed E-state index contributed by atoms with van der Waals surface area (Å²) in [6.45, 7) is 6.85. The lowest BCUT2D eigenvalue weighted by Crippen LogP contribution is -2.52. The van der Waals surface area contributed by atoms with E-state index < -0.39 is 22.8 Å². The molecule has 1 aromatic carbocycles. The van der Waals surface area contributed by atoms with Gasteiger partial charge in [0.2, 0.25) is 5.89 Å². The molecule has 0 amide bonds. The molecule has 33 heavy (non-hydrogen) atoms. The number of aryl methyl sites for hydroxylation is 4. The first-order valence-electron chi connectivity index (χ1n) is 10.7. The Bertz CT molecular complexity index is 1460. The molecule has 9 heteroatoms. The molecule has 0 saturated heterocycles. The van der Waals surface area contributed by atoms with Crippen molar-refractivity contribution >= 4 is 27.5 Å². The van der Waals surface area contributed by atoms with Crippen molar-refractivity contribution in [1.82, 2.24) is 14.1 Å². The van der Waals surface area contributed by atoms with Gasteiger partial charge in [-0.3, -0.25) is 9.36 Å². The Hall–Kier alpha value is -3.46. The monoisotopic (exact) mass is 467 g/mol. The van der Waals surface area contributed by atoms with E-state index in [0.717, 1.165) is 16.6 Å². The number of oxazole rings is 1. The molecule has 0 aliphatic rings. The van der Waals surface area contributed by atoms with E-state index in [1.165, 1.54) is 47.8 Å². The Kier molecular flexibility index (Phi) is 5.84. The number of benzene rings is 1. The minimum atomic E-state index is -1.72. The zero-order chi connectivity index (χ0) is 23.9. The molecule has 4 rings (SSSR count). The summed E-state index contributed by atoms with van der Waals surface area (Å²) in [6, 6.07) is 8.01. The summed E-state index contributed by atoms with van der Waals surface area (Å²) in [5.41, 5.74) is -0.0863. The molecule has 172 valence electrons. The highest BCUT2D eigenvalue weighted by atomic mass is 32.1. The Labute approximate surface area is 193 Å². The fourth-order valence-electron chi connectivity index (χ4n) is 4.05. The van der Waals surface area contributed by atoms with Crippen LogP contribution >= 0.6 is 11.3 Å². The number of carboxylic acids is 1. The number of thiophene rings is 1. The summed E-state index contributed by atoms with van der Waals surface area (Å²) in [5.74, 6) is -0.905. The van der Waals surface area contributed by atoms with Crippen LogP contribution in [-0.4, -0.2) is 25.2 Å². The maximum absolute atomic E-state index is 13.6. The van der Waals surface area contributed by atoms with E-state index in [1.807, 2.05) is 18.2 Å². The second-order valence-corrected chi connectivity index (χ2v) is 9.38. The Morgan fingerprint density at radius 3 is 2.52 bits per heavy atom. The van der Waals surface area contributed by atoms with E-state index in [4.69, 9.17) is 4.42 Å². The van der Waals surface area contributed by atoms with E-state index in [1.54, 1.807) is 6.92 Å². The molecule has 0 saturated carbocycles. The highest BCUT2D eigenvalue weighted by molar-refractivity contribution is 7.22. The van der Waals surface area contributed by atoms with Gasteiger partial charge in [-0.1, -0.05) is 31.2 Å². The van der Waals surface area contributed by atoms with Crippen LogP contribution in [0.1, 0.15) is 37.5 Å². The number of aliphatic carboxylic acids is 1. The second kappa shape index (κ2) is 8.47. The molecule has 0 spiro atoms. The summed E-state index contributed by atoms with van der Waals surface area (Å²) in [4.78, 5) is 44.3. The highest BCUT2D eigenvalue weighted by Crippen LogP contribution is 2.35. The SMILES string of the molecule is CCc1ccccc1CCn1c(=O)n(C(C)(C)C(=O)O)c(=O)c2c(C)c(-c3ncco3)sc21. The largest absolute Gasteiger partial charge is 0.480 e. The van der Waals surface area contributed by atoms with E-state index in [0.29, 0.717) is 39.5 Å². The lowest BCUT2D eigenvalue weighted by molar-refractivity contribution is -0.146. The number of carbonyl (C=O) groups is 1. The van der Waals surface area contributed by atoms with Crippen molar-refractivity contribution in [3.63, 3.8) is 0 Å². The van der Waals surface area contributed by atoms with Crippen LogP contribution in [0.4, 0.5) is 0 Å². The number of hydrogen-bond donors (Lipinski definition) is 1. The third-order valence-corrected chi connectivity index (χ3v) is 7.33. The fraction of sp³-hybridized carbons (Fsp3) is 0.333. The fourth-order valence-corrected chi connectivity index (χ4v) is 5.31. The van der Waals surface area contributed by atoms with Gasteiger partial charge in [0.05, 0.1) is 16.5 Å². The van der Waals surface area contributed by atoms with Crippen LogP contribution in [0.2, 0.25) is 0 Å². The van der Waals surface area contributed by atoms with Crippen LogP contribution in [-0.2, 0) is 29.7 Å². The zero-order valence-corrected chi connectivity index (χ0v) is 19.7. The van der Waals surface area contributed by atoms with Crippen molar-refractivity contribution in [2.24, 2.45) is 0 Å². The minimum Gasteiger partial charge on any atom is -0.480 e. The summed E-state index contributed by atoms with van der Waals surface area (Å²) in [7, 11) is 0. The van der Waals surface area contributed by atoms with Crippen molar-refractivity contribution in [2.45, 2.75) is 52.6 Å². The van der Waals surface area contributed by atoms with Crippen molar-refractivity contribution in [3.05, 3.63) is 74.3 Å². The molecular weight excluding hydrogens is 442 g/mol. The number of hydrogen-bond acceptors (Lipinski definition) is 6. The lowest BCUT2D eigenvalue weighted by Gasteiger charge is -2.23. The number of aromatic nitrogens is 3. The van der Waals surface area contributed by atoms with Gasteiger partial charge >= 0.3 is 11.7 Å². The van der Waals surface area contributed by atoms with Gasteiger partial charge in [-0.2, -0.15) is 0 Å². The Balaban J connectivity index is 1.99. The number of fused-ring (bicyclic) bond motifs is 1. The molecule has 4 aromatic rings. The maximum Gasteiger partial charge on any atom is 0.333 e. The minimum absolute atomic E-state index is 0.299. The topological polar surface area (TPSA) is 107 Å². The average molecular weight is 468 g/mol. The van der Waals surface area contributed by atoms with Gasteiger partial charge in [-0.15, -0.1) is 11.3 Å². The smallest absolute Gasteiger partial charge is 0.333 e. The first-order chi connectivity index (χ1) is 15.7. The van der Waals surface area contributed by atoms with E-state index in [9.17, 15) is 19.5 Å². The number of nitrogens with zero attached hydrogens (tertiary/aromatic N) is 3. The van der Waals surface area contributed by atoms with E-state index >= 15 is 0 Å². The van der Waals surface area contributed by atoms with E-state index in [2.05, 4.69) is 18.0 Å². The summed E-state index contributed by atoms with van der Waals surface area (Å²) in [6.07, 6.45) is 4.38. The van der Waals surface area contributed by atoms with Crippen molar-refractivity contribution < 1.29 is 14.3 Å². The molecule has 3 heterocycles. The molecule has 1 N–H and O–H groups in total. The molecule has 3 aromatic heterocycles. The first-order valence-corrected chi connectivity index (χ1v) is 11.5. The molecule has 0 aliphatic heterocycles. The summed E-state index contributed by atoms with van der Waals surface area (Å²) < 4.78 is 7.81. The zero-order valence-electron chi connectivity index (χ0n) is 18.9.